The summed E-state index contributed by atoms with van der Waals surface area (Å²) in [4.78, 5) is 0. The van der Waals surface area contributed by atoms with Crippen molar-refractivity contribution in [2.45, 2.75) is 37.7 Å². The van der Waals surface area contributed by atoms with Crippen LogP contribution in [0.4, 0.5) is 0 Å². The van der Waals surface area contributed by atoms with Gasteiger partial charge in [-0.1, -0.05) is 6.07 Å². The average Bonchev–Trinajstić information content (AvgIpc) is 2.14. The van der Waals surface area contributed by atoms with E-state index in [1.54, 1.807) is 12.1 Å². The highest BCUT2D eigenvalue weighted by Gasteiger charge is 2.41. The second kappa shape index (κ2) is 2.66. The van der Waals surface area contributed by atoms with Crippen molar-refractivity contribution in [2.24, 2.45) is 0 Å². The number of hydrogen-bond acceptors (Lipinski definition) is 2. The van der Waals surface area contributed by atoms with Gasteiger partial charge in [0.25, 0.3) is 0 Å². The molecule has 2 aliphatic rings. The summed E-state index contributed by atoms with van der Waals surface area (Å²) in [6.07, 6.45) is 5.89. The van der Waals surface area contributed by atoms with Gasteiger partial charge in [0.2, 0.25) is 0 Å². The van der Waals surface area contributed by atoms with Gasteiger partial charge >= 0.3 is 0 Å². The minimum absolute atomic E-state index is 0.126. The van der Waals surface area contributed by atoms with Crippen LogP contribution in [0.15, 0.2) is 18.2 Å². The molecular formula is C12H14O2. The summed E-state index contributed by atoms with van der Waals surface area (Å²) in [5.41, 5.74) is 1.36. The van der Waals surface area contributed by atoms with Crippen LogP contribution in [-0.2, 0) is 6.42 Å². The van der Waals surface area contributed by atoms with Gasteiger partial charge < -0.3 is 9.84 Å². The summed E-state index contributed by atoms with van der Waals surface area (Å²) < 4.78 is 5.98. The minimum Gasteiger partial charge on any atom is -0.508 e. The molecule has 0 aromatic heterocycles. The first-order chi connectivity index (χ1) is 6.77. The molecule has 1 aliphatic carbocycles. The number of hydrogen-bond donors (Lipinski definition) is 1. The molecule has 0 radical (unpaired) electrons. The number of aryl methyl sites for hydroxylation is 1. The van der Waals surface area contributed by atoms with E-state index in [1.807, 2.05) is 6.07 Å². The number of aromatic hydroxyl groups is 1. The van der Waals surface area contributed by atoms with E-state index in [0.29, 0.717) is 5.75 Å². The van der Waals surface area contributed by atoms with Crippen LogP contribution in [0, 0.1) is 0 Å². The van der Waals surface area contributed by atoms with Crippen LogP contribution in [-0.4, -0.2) is 10.7 Å². The van der Waals surface area contributed by atoms with E-state index in [0.717, 1.165) is 18.6 Å². The number of fused-ring (bicyclic) bond motifs is 1. The van der Waals surface area contributed by atoms with Crippen molar-refractivity contribution in [1.29, 1.82) is 0 Å². The molecule has 3 rings (SSSR count). The Morgan fingerprint density at radius 2 is 2.07 bits per heavy atom. The van der Waals surface area contributed by atoms with Crippen LogP contribution in [0.1, 0.15) is 31.2 Å². The molecule has 0 amide bonds. The summed E-state index contributed by atoms with van der Waals surface area (Å²) in [5, 5.41) is 9.37. The fraction of sp³-hybridized carbons (Fsp3) is 0.500. The van der Waals surface area contributed by atoms with Crippen LogP contribution in [0.3, 0.4) is 0 Å². The zero-order valence-electron chi connectivity index (χ0n) is 8.12. The number of phenols is 1. The molecule has 1 N–H and O–H groups in total. The quantitative estimate of drug-likeness (QED) is 0.681. The van der Waals surface area contributed by atoms with Gasteiger partial charge in [-0.15, -0.1) is 0 Å². The molecule has 1 fully saturated rings. The molecule has 1 aromatic rings. The molecule has 0 saturated heterocycles. The Labute approximate surface area is 83.5 Å². The summed E-state index contributed by atoms with van der Waals surface area (Å²) in [6.45, 7) is 0. The van der Waals surface area contributed by atoms with Crippen LogP contribution in [0.5, 0.6) is 11.5 Å². The smallest absolute Gasteiger partial charge is 0.127 e. The van der Waals surface area contributed by atoms with E-state index in [2.05, 4.69) is 0 Å². The van der Waals surface area contributed by atoms with Crippen molar-refractivity contribution >= 4 is 0 Å². The standard InChI is InChI=1S/C12H14O2/c13-10-3-2-9-4-7-12(5-1-6-12)14-11(9)8-10/h2-3,8,13H,1,4-7H2. The Bertz CT molecular complexity index is 367. The molecule has 14 heavy (non-hydrogen) atoms. The molecule has 1 spiro atoms. The highest BCUT2D eigenvalue weighted by atomic mass is 16.5. The monoisotopic (exact) mass is 190 g/mol. The van der Waals surface area contributed by atoms with Crippen molar-refractivity contribution in [3.8, 4) is 11.5 Å². The fourth-order valence-electron chi connectivity index (χ4n) is 2.41. The predicted molar refractivity (Wildman–Crippen MR) is 53.6 cm³/mol. The molecule has 1 heterocycles. The van der Waals surface area contributed by atoms with Crippen LogP contribution in [0.2, 0.25) is 0 Å². The fourth-order valence-corrected chi connectivity index (χ4v) is 2.41. The highest BCUT2D eigenvalue weighted by Crippen LogP contribution is 2.45. The summed E-state index contributed by atoms with van der Waals surface area (Å²) in [5.74, 6) is 1.20. The van der Waals surface area contributed by atoms with E-state index >= 15 is 0 Å². The van der Waals surface area contributed by atoms with Crippen molar-refractivity contribution in [2.75, 3.05) is 0 Å². The average molecular weight is 190 g/mol. The van der Waals surface area contributed by atoms with Crippen LogP contribution < -0.4 is 4.74 Å². The first kappa shape index (κ1) is 8.16. The Morgan fingerprint density at radius 3 is 2.79 bits per heavy atom. The van der Waals surface area contributed by atoms with Gasteiger partial charge in [-0.3, -0.25) is 0 Å². The SMILES string of the molecule is Oc1ccc2c(c1)OC1(CCC1)CC2. The lowest BCUT2D eigenvalue weighted by atomic mass is 9.74. The zero-order chi connectivity index (χ0) is 9.60. The van der Waals surface area contributed by atoms with Gasteiger partial charge in [-0.2, -0.15) is 0 Å². The molecular weight excluding hydrogens is 176 g/mol. The molecule has 0 atom stereocenters. The summed E-state index contributed by atoms with van der Waals surface area (Å²) in [7, 11) is 0. The van der Waals surface area contributed by atoms with E-state index in [9.17, 15) is 5.11 Å². The third-order valence-corrected chi connectivity index (χ3v) is 3.49. The molecule has 1 aliphatic heterocycles. The van der Waals surface area contributed by atoms with Crippen molar-refractivity contribution in [1.82, 2.24) is 0 Å². The Kier molecular flexibility index (Phi) is 1.55. The molecule has 0 bridgehead atoms. The van der Waals surface area contributed by atoms with Crippen molar-refractivity contribution in [3.63, 3.8) is 0 Å². The lowest BCUT2D eigenvalue weighted by Crippen LogP contribution is -2.45. The Morgan fingerprint density at radius 1 is 1.21 bits per heavy atom. The Balaban J connectivity index is 1.96. The van der Waals surface area contributed by atoms with E-state index in [-0.39, 0.29) is 5.60 Å². The minimum atomic E-state index is 0.126. The first-order valence-electron chi connectivity index (χ1n) is 5.28. The van der Waals surface area contributed by atoms with Crippen molar-refractivity contribution < 1.29 is 9.84 Å². The number of ether oxygens (including phenoxy) is 1. The van der Waals surface area contributed by atoms with Gasteiger partial charge in [0, 0.05) is 6.07 Å². The van der Waals surface area contributed by atoms with E-state index < -0.39 is 0 Å². The second-order valence-corrected chi connectivity index (χ2v) is 4.43. The highest BCUT2D eigenvalue weighted by molar-refractivity contribution is 5.42. The molecule has 1 saturated carbocycles. The third kappa shape index (κ3) is 1.10. The van der Waals surface area contributed by atoms with E-state index in [4.69, 9.17) is 4.74 Å². The molecule has 74 valence electrons. The molecule has 2 nitrogen and oxygen atoms in total. The number of rotatable bonds is 0. The van der Waals surface area contributed by atoms with Crippen LogP contribution in [0.25, 0.3) is 0 Å². The van der Waals surface area contributed by atoms with Gasteiger partial charge in [0.1, 0.15) is 17.1 Å². The number of benzene rings is 1. The van der Waals surface area contributed by atoms with Gasteiger partial charge in [-0.05, 0) is 43.7 Å². The summed E-state index contributed by atoms with van der Waals surface area (Å²) >= 11 is 0. The lowest BCUT2D eigenvalue weighted by Gasteiger charge is -2.45. The first-order valence-corrected chi connectivity index (χ1v) is 5.28. The normalized spacial score (nSPS) is 22.3. The predicted octanol–water partition coefficient (Wildman–Crippen LogP) is 2.64. The zero-order valence-corrected chi connectivity index (χ0v) is 8.12. The summed E-state index contributed by atoms with van der Waals surface area (Å²) in [6, 6.07) is 5.45. The third-order valence-electron chi connectivity index (χ3n) is 3.49. The van der Waals surface area contributed by atoms with Gasteiger partial charge in [-0.25, -0.2) is 0 Å². The van der Waals surface area contributed by atoms with Crippen LogP contribution >= 0.6 is 0 Å². The van der Waals surface area contributed by atoms with Gasteiger partial charge in [0.05, 0.1) is 0 Å². The van der Waals surface area contributed by atoms with E-state index in [1.165, 1.54) is 24.8 Å². The largest absolute Gasteiger partial charge is 0.508 e. The maximum absolute atomic E-state index is 9.37. The van der Waals surface area contributed by atoms with Gasteiger partial charge in [0.15, 0.2) is 0 Å². The maximum Gasteiger partial charge on any atom is 0.127 e. The molecule has 0 unspecified atom stereocenters. The second-order valence-electron chi connectivity index (χ2n) is 4.43. The molecule has 2 heteroatoms. The Hall–Kier alpha value is -1.18. The topological polar surface area (TPSA) is 29.5 Å². The lowest BCUT2D eigenvalue weighted by molar-refractivity contribution is -0.0250. The maximum atomic E-state index is 9.37. The molecule has 1 aromatic carbocycles. The van der Waals surface area contributed by atoms with Crippen molar-refractivity contribution in [3.05, 3.63) is 23.8 Å². The number of phenolic OH excluding ortho intramolecular Hbond substituents is 1.